The zero-order valence-corrected chi connectivity index (χ0v) is 12.6. The molecule has 1 heterocycles. The number of nitrogens with two attached hydrogens (primary N) is 1. The molecule has 0 aromatic heterocycles. The van der Waals surface area contributed by atoms with Crippen molar-refractivity contribution in [2.24, 2.45) is 0 Å². The molecule has 0 bridgehead atoms. The van der Waals surface area contributed by atoms with Gasteiger partial charge in [-0.1, -0.05) is 24.3 Å². The molecule has 110 valence electrons. The molecule has 0 spiro atoms. The van der Waals surface area contributed by atoms with E-state index in [2.05, 4.69) is 17.9 Å². The van der Waals surface area contributed by atoms with E-state index < -0.39 is 0 Å². The summed E-state index contributed by atoms with van der Waals surface area (Å²) < 4.78 is 13.8. The molecule has 1 atom stereocenters. The van der Waals surface area contributed by atoms with E-state index in [9.17, 15) is 4.39 Å². The van der Waals surface area contributed by atoms with Gasteiger partial charge in [0.25, 0.3) is 0 Å². The standard InChI is InChI=1S/C18H21FN2/c1-12-6-7-15(10-17(12)19)13(2)21-9-8-14-4-3-5-18(20)16(14)11-21/h3-7,10,13H,8-9,11,20H2,1-2H3. The van der Waals surface area contributed by atoms with Gasteiger partial charge in [0.2, 0.25) is 0 Å². The van der Waals surface area contributed by atoms with Crippen LogP contribution in [0.5, 0.6) is 0 Å². The van der Waals surface area contributed by atoms with Gasteiger partial charge in [0.05, 0.1) is 0 Å². The topological polar surface area (TPSA) is 29.3 Å². The molecule has 2 N–H and O–H groups in total. The molecular formula is C18H21FN2. The molecule has 2 aromatic rings. The fraction of sp³-hybridized carbons (Fsp3) is 0.333. The number of rotatable bonds is 2. The average molecular weight is 284 g/mol. The largest absolute Gasteiger partial charge is 0.398 e. The van der Waals surface area contributed by atoms with Crippen LogP contribution in [0.15, 0.2) is 36.4 Å². The monoisotopic (exact) mass is 284 g/mol. The van der Waals surface area contributed by atoms with Crippen LogP contribution in [0.1, 0.15) is 35.2 Å². The van der Waals surface area contributed by atoms with Crippen molar-refractivity contribution in [2.75, 3.05) is 12.3 Å². The number of nitrogen functional groups attached to an aromatic ring is 1. The van der Waals surface area contributed by atoms with Crippen molar-refractivity contribution < 1.29 is 4.39 Å². The lowest BCUT2D eigenvalue weighted by Gasteiger charge is -2.34. The molecule has 0 saturated heterocycles. The lowest BCUT2D eigenvalue weighted by molar-refractivity contribution is 0.192. The molecule has 2 nitrogen and oxygen atoms in total. The molecule has 1 unspecified atom stereocenters. The Morgan fingerprint density at radius 2 is 2.05 bits per heavy atom. The predicted molar refractivity (Wildman–Crippen MR) is 84.5 cm³/mol. The maximum atomic E-state index is 13.8. The summed E-state index contributed by atoms with van der Waals surface area (Å²) in [6.45, 7) is 5.74. The SMILES string of the molecule is Cc1ccc(C(C)N2CCc3cccc(N)c3C2)cc1F. The second-order valence-electron chi connectivity index (χ2n) is 5.89. The Morgan fingerprint density at radius 1 is 1.24 bits per heavy atom. The van der Waals surface area contributed by atoms with Crippen molar-refractivity contribution in [3.63, 3.8) is 0 Å². The van der Waals surface area contributed by atoms with Crippen LogP contribution in [0.2, 0.25) is 0 Å². The quantitative estimate of drug-likeness (QED) is 0.849. The first-order chi connectivity index (χ1) is 10.1. The third kappa shape index (κ3) is 2.66. The number of nitrogens with zero attached hydrogens (tertiary/aromatic N) is 1. The molecule has 0 amide bonds. The Labute approximate surface area is 125 Å². The number of hydrogen-bond acceptors (Lipinski definition) is 2. The van der Waals surface area contributed by atoms with Gasteiger partial charge in [0.15, 0.2) is 0 Å². The first-order valence-corrected chi connectivity index (χ1v) is 7.42. The van der Waals surface area contributed by atoms with E-state index in [1.165, 1.54) is 11.1 Å². The van der Waals surface area contributed by atoms with Crippen LogP contribution >= 0.6 is 0 Å². The number of benzene rings is 2. The summed E-state index contributed by atoms with van der Waals surface area (Å²) in [6.07, 6.45) is 0.999. The molecule has 0 radical (unpaired) electrons. The van der Waals surface area contributed by atoms with E-state index in [1.807, 2.05) is 24.3 Å². The summed E-state index contributed by atoms with van der Waals surface area (Å²) in [6, 6.07) is 11.8. The van der Waals surface area contributed by atoms with Crippen LogP contribution in [0.3, 0.4) is 0 Å². The Kier molecular flexibility index (Phi) is 3.68. The van der Waals surface area contributed by atoms with Gasteiger partial charge in [0, 0.05) is 24.8 Å². The molecule has 21 heavy (non-hydrogen) atoms. The highest BCUT2D eigenvalue weighted by Crippen LogP contribution is 2.30. The fourth-order valence-electron chi connectivity index (χ4n) is 3.04. The lowest BCUT2D eigenvalue weighted by atomic mass is 9.95. The molecule has 1 aliphatic rings. The Morgan fingerprint density at radius 3 is 2.81 bits per heavy atom. The molecular weight excluding hydrogens is 263 g/mol. The lowest BCUT2D eigenvalue weighted by Crippen LogP contribution is -2.33. The third-order valence-electron chi connectivity index (χ3n) is 4.56. The summed E-state index contributed by atoms with van der Waals surface area (Å²) in [4.78, 5) is 2.36. The van der Waals surface area contributed by atoms with E-state index in [0.717, 1.165) is 30.8 Å². The van der Waals surface area contributed by atoms with Crippen molar-refractivity contribution >= 4 is 5.69 Å². The van der Waals surface area contributed by atoms with Crippen LogP contribution in [0, 0.1) is 12.7 Å². The Bertz CT molecular complexity index is 666. The van der Waals surface area contributed by atoms with Gasteiger partial charge in [-0.3, -0.25) is 4.90 Å². The van der Waals surface area contributed by atoms with E-state index in [0.29, 0.717) is 5.56 Å². The maximum absolute atomic E-state index is 13.8. The van der Waals surface area contributed by atoms with Gasteiger partial charge >= 0.3 is 0 Å². The second-order valence-corrected chi connectivity index (χ2v) is 5.89. The number of anilines is 1. The molecule has 2 aromatic carbocycles. The summed E-state index contributed by atoms with van der Waals surface area (Å²) >= 11 is 0. The maximum Gasteiger partial charge on any atom is 0.126 e. The van der Waals surface area contributed by atoms with Gasteiger partial charge in [-0.25, -0.2) is 4.39 Å². The minimum absolute atomic E-state index is 0.128. The molecule has 0 fully saturated rings. The fourth-order valence-corrected chi connectivity index (χ4v) is 3.04. The van der Waals surface area contributed by atoms with Crippen LogP contribution in [-0.4, -0.2) is 11.4 Å². The van der Waals surface area contributed by atoms with Crippen molar-refractivity contribution in [1.29, 1.82) is 0 Å². The second kappa shape index (κ2) is 5.49. The van der Waals surface area contributed by atoms with Crippen LogP contribution in [-0.2, 0) is 13.0 Å². The van der Waals surface area contributed by atoms with Gasteiger partial charge < -0.3 is 5.73 Å². The van der Waals surface area contributed by atoms with Crippen LogP contribution in [0.4, 0.5) is 10.1 Å². The Balaban J connectivity index is 1.85. The van der Waals surface area contributed by atoms with Crippen molar-refractivity contribution in [3.05, 3.63) is 64.5 Å². The van der Waals surface area contributed by atoms with E-state index in [-0.39, 0.29) is 11.9 Å². The van der Waals surface area contributed by atoms with Crippen LogP contribution in [0.25, 0.3) is 0 Å². The highest BCUT2D eigenvalue weighted by Gasteiger charge is 2.23. The predicted octanol–water partition coefficient (Wildman–Crippen LogP) is 3.84. The first-order valence-electron chi connectivity index (χ1n) is 7.42. The van der Waals surface area contributed by atoms with Gasteiger partial charge in [-0.15, -0.1) is 0 Å². The Hall–Kier alpha value is -1.87. The van der Waals surface area contributed by atoms with Crippen molar-refractivity contribution in [3.8, 4) is 0 Å². The van der Waals surface area contributed by atoms with Crippen molar-refractivity contribution in [2.45, 2.75) is 32.9 Å². The first kappa shape index (κ1) is 14.1. The normalized spacial score (nSPS) is 16.5. The van der Waals surface area contributed by atoms with E-state index in [1.54, 1.807) is 13.0 Å². The van der Waals surface area contributed by atoms with E-state index in [4.69, 9.17) is 5.73 Å². The van der Waals surface area contributed by atoms with Crippen LogP contribution < -0.4 is 5.73 Å². The van der Waals surface area contributed by atoms with E-state index >= 15 is 0 Å². The summed E-state index contributed by atoms with van der Waals surface area (Å²) in [5, 5.41) is 0. The smallest absolute Gasteiger partial charge is 0.126 e. The summed E-state index contributed by atoms with van der Waals surface area (Å²) in [7, 11) is 0. The average Bonchev–Trinajstić information content (AvgIpc) is 2.49. The summed E-state index contributed by atoms with van der Waals surface area (Å²) in [5.41, 5.74) is 11.2. The van der Waals surface area contributed by atoms with Gasteiger partial charge in [0.1, 0.15) is 5.82 Å². The molecule has 3 rings (SSSR count). The zero-order valence-electron chi connectivity index (χ0n) is 12.6. The van der Waals surface area contributed by atoms with Crippen molar-refractivity contribution in [1.82, 2.24) is 4.90 Å². The molecule has 0 saturated carbocycles. The molecule has 0 aliphatic carbocycles. The molecule has 1 aliphatic heterocycles. The minimum atomic E-state index is -0.128. The third-order valence-corrected chi connectivity index (χ3v) is 4.56. The molecule has 3 heteroatoms. The number of aryl methyl sites for hydroxylation is 1. The summed E-state index contributed by atoms with van der Waals surface area (Å²) in [5.74, 6) is -0.128. The number of fused-ring (bicyclic) bond motifs is 1. The number of hydrogen-bond donors (Lipinski definition) is 1. The van der Waals surface area contributed by atoms with Gasteiger partial charge in [-0.2, -0.15) is 0 Å². The minimum Gasteiger partial charge on any atom is -0.398 e. The number of halogens is 1. The highest BCUT2D eigenvalue weighted by atomic mass is 19.1. The zero-order chi connectivity index (χ0) is 15.0. The van der Waals surface area contributed by atoms with Gasteiger partial charge in [-0.05, 0) is 54.7 Å². The highest BCUT2D eigenvalue weighted by molar-refractivity contribution is 5.51.